The van der Waals surface area contributed by atoms with E-state index >= 15 is 0 Å². The zero-order chi connectivity index (χ0) is 18.1. The first-order chi connectivity index (χ1) is 11.4. The van der Waals surface area contributed by atoms with Crippen molar-refractivity contribution in [3.63, 3.8) is 0 Å². The molecule has 1 aromatic carbocycles. The molecule has 0 heterocycles. The summed E-state index contributed by atoms with van der Waals surface area (Å²) < 4.78 is 10.8. The van der Waals surface area contributed by atoms with Gasteiger partial charge >= 0.3 is 5.97 Å². The Bertz CT molecular complexity index is 595. The summed E-state index contributed by atoms with van der Waals surface area (Å²) >= 11 is 0. The van der Waals surface area contributed by atoms with Crippen molar-refractivity contribution in [1.29, 1.82) is 0 Å². The number of hydrogen-bond donors (Lipinski definition) is 2. The summed E-state index contributed by atoms with van der Waals surface area (Å²) in [6.07, 6.45) is 3.80. The van der Waals surface area contributed by atoms with Gasteiger partial charge in [0.15, 0.2) is 11.5 Å². The molecule has 0 unspecified atom stereocenters. The monoisotopic (exact) mass is 335 g/mol. The van der Waals surface area contributed by atoms with Crippen molar-refractivity contribution in [1.82, 2.24) is 5.32 Å². The summed E-state index contributed by atoms with van der Waals surface area (Å²) in [5, 5.41) is 11.6. The van der Waals surface area contributed by atoms with Gasteiger partial charge in [-0.2, -0.15) is 0 Å². The molecule has 0 fully saturated rings. The Balaban J connectivity index is 2.79. The molecule has 1 aromatic rings. The van der Waals surface area contributed by atoms with E-state index in [-0.39, 0.29) is 5.92 Å². The van der Waals surface area contributed by atoms with Crippen LogP contribution in [0.3, 0.4) is 0 Å². The molecule has 132 valence electrons. The first-order valence-corrected chi connectivity index (χ1v) is 7.91. The Morgan fingerprint density at radius 2 is 2.00 bits per heavy atom. The average Bonchev–Trinajstić information content (AvgIpc) is 2.55. The number of carboxylic acids is 1. The first kappa shape index (κ1) is 19.5. The van der Waals surface area contributed by atoms with Gasteiger partial charge in [0.05, 0.1) is 13.7 Å². The van der Waals surface area contributed by atoms with Gasteiger partial charge in [0.1, 0.15) is 6.04 Å². The van der Waals surface area contributed by atoms with Crippen LogP contribution in [0.2, 0.25) is 0 Å². The predicted octanol–water partition coefficient (Wildman–Crippen LogP) is 2.72. The maximum Gasteiger partial charge on any atom is 0.326 e. The van der Waals surface area contributed by atoms with Crippen LogP contribution >= 0.6 is 0 Å². The highest BCUT2D eigenvalue weighted by atomic mass is 16.5. The molecule has 1 atom stereocenters. The lowest BCUT2D eigenvalue weighted by atomic mass is 10.0. The zero-order valence-electron chi connectivity index (χ0n) is 14.5. The Kier molecular flexibility index (Phi) is 7.82. The predicted molar refractivity (Wildman–Crippen MR) is 92.2 cm³/mol. The first-order valence-electron chi connectivity index (χ1n) is 7.91. The topological polar surface area (TPSA) is 84.9 Å². The van der Waals surface area contributed by atoms with E-state index in [4.69, 9.17) is 14.6 Å². The summed E-state index contributed by atoms with van der Waals surface area (Å²) in [5.41, 5.74) is 0.752. The second kappa shape index (κ2) is 9.60. The van der Waals surface area contributed by atoms with Gasteiger partial charge in [-0.25, -0.2) is 4.79 Å². The molecule has 0 saturated carbocycles. The van der Waals surface area contributed by atoms with E-state index in [0.29, 0.717) is 18.1 Å². The van der Waals surface area contributed by atoms with E-state index in [1.54, 1.807) is 45.2 Å². The van der Waals surface area contributed by atoms with Crippen molar-refractivity contribution in [3.8, 4) is 11.5 Å². The number of aliphatic carboxylic acids is 1. The minimum atomic E-state index is -1.05. The highest BCUT2D eigenvalue weighted by Crippen LogP contribution is 2.28. The number of carbonyl (C=O) groups excluding carboxylic acids is 1. The van der Waals surface area contributed by atoms with Crippen LogP contribution in [0.25, 0.3) is 6.08 Å². The van der Waals surface area contributed by atoms with Crippen molar-refractivity contribution in [2.24, 2.45) is 5.92 Å². The Hall–Kier alpha value is -2.50. The fourth-order valence-corrected chi connectivity index (χ4v) is 2.01. The lowest BCUT2D eigenvalue weighted by molar-refractivity contribution is -0.142. The van der Waals surface area contributed by atoms with Gasteiger partial charge in [-0.05, 0) is 36.1 Å². The molecule has 1 rings (SSSR count). The quantitative estimate of drug-likeness (QED) is 0.678. The average molecular weight is 335 g/mol. The molecule has 6 nitrogen and oxygen atoms in total. The number of nitrogens with one attached hydrogen (secondary N) is 1. The normalized spacial score (nSPS) is 12.2. The molecule has 0 aliphatic carbocycles. The number of ether oxygens (including phenoxy) is 2. The standard InChI is InChI=1S/C18H25NO5/c1-5-10-24-14-8-6-13(11-15(14)23-4)7-9-16(20)19-17(12(2)3)18(21)22/h6-9,11-12,17H,5,10H2,1-4H3,(H,19,20)(H,21,22)/b9-7+/t17-/m1/s1. The molecule has 0 spiro atoms. The van der Waals surface area contributed by atoms with Crippen LogP contribution < -0.4 is 14.8 Å². The lowest BCUT2D eigenvalue weighted by Crippen LogP contribution is -2.43. The van der Waals surface area contributed by atoms with E-state index in [2.05, 4.69) is 5.32 Å². The smallest absolute Gasteiger partial charge is 0.326 e. The minimum Gasteiger partial charge on any atom is -0.493 e. The van der Waals surface area contributed by atoms with Crippen LogP contribution in [0.4, 0.5) is 0 Å². The Morgan fingerprint density at radius 1 is 1.29 bits per heavy atom. The molecule has 24 heavy (non-hydrogen) atoms. The maximum absolute atomic E-state index is 11.9. The largest absolute Gasteiger partial charge is 0.493 e. The maximum atomic E-state index is 11.9. The number of methoxy groups -OCH3 is 1. The van der Waals surface area contributed by atoms with Crippen LogP contribution in [0, 0.1) is 5.92 Å². The van der Waals surface area contributed by atoms with Crippen molar-refractivity contribution < 1.29 is 24.2 Å². The molecule has 0 radical (unpaired) electrons. The lowest BCUT2D eigenvalue weighted by Gasteiger charge is -2.16. The van der Waals surface area contributed by atoms with Crippen LogP contribution in [-0.2, 0) is 9.59 Å². The highest BCUT2D eigenvalue weighted by molar-refractivity contribution is 5.94. The number of carbonyl (C=O) groups is 2. The van der Waals surface area contributed by atoms with E-state index in [1.807, 2.05) is 6.92 Å². The van der Waals surface area contributed by atoms with Gasteiger partial charge in [-0.3, -0.25) is 4.79 Å². The molecular weight excluding hydrogens is 310 g/mol. The van der Waals surface area contributed by atoms with Crippen LogP contribution in [-0.4, -0.2) is 36.7 Å². The fraction of sp³-hybridized carbons (Fsp3) is 0.444. The molecule has 1 amide bonds. The number of hydrogen-bond acceptors (Lipinski definition) is 4. The van der Waals surface area contributed by atoms with E-state index in [1.165, 1.54) is 6.08 Å². The van der Waals surface area contributed by atoms with Gasteiger partial charge in [-0.1, -0.05) is 26.8 Å². The van der Waals surface area contributed by atoms with Gasteiger partial charge in [0, 0.05) is 6.08 Å². The molecule has 2 N–H and O–H groups in total. The van der Waals surface area contributed by atoms with Crippen molar-refractivity contribution in [2.75, 3.05) is 13.7 Å². The second-order valence-electron chi connectivity index (χ2n) is 5.66. The summed E-state index contributed by atoms with van der Waals surface area (Å²) in [6.45, 7) is 6.09. The Labute approximate surface area is 142 Å². The fourth-order valence-electron chi connectivity index (χ4n) is 2.01. The third kappa shape index (κ3) is 5.95. The van der Waals surface area contributed by atoms with E-state index in [9.17, 15) is 9.59 Å². The van der Waals surface area contributed by atoms with Gasteiger partial charge in [0.2, 0.25) is 5.91 Å². The zero-order valence-corrected chi connectivity index (χ0v) is 14.5. The number of rotatable bonds is 9. The third-order valence-corrected chi connectivity index (χ3v) is 3.31. The van der Waals surface area contributed by atoms with Gasteiger partial charge < -0.3 is 19.9 Å². The molecule has 0 bridgehead atoms. The Morgan fingerprint density at radius 3 is 2.54 bits per heavy atom. The van der Waals surface area contributed by atoms with Crippen LogP contribution in [0.1, 0.15) is 32.8 Å². The molecule has 0 aliphatic rings. The summed E-state index contributed by atoms with van der Waals surface area (Å²) in [5.74, 6) is -0.481. The molecule has 6 heteroatoms. The van der Waals surface area contributed by atoms with E-state index < -0.39 is 17.9 Å². The number of amides is 1. The van der Waals surface area contributed by atoms with Crippen molar-refractivity contribution >= 4 is 18.0 Å². The molecule has 0 aliphatic heterocycles. The van der Waals surface area contributed by atoms with Crippen molar-refractivity contribution in [2.45, 2.75) is 33.2 Å². The number of carboxylic acid groups (broad SMARTS) is 1. The molecule has 0 saturated heterocycles. The van der Waals surface area contributed by atoms with Crippen LogP contribution in [0.5, 0.6) is 11.5 Å². The van der Waals surface area contributed by atoms with E-state index in [0.717, 1.165) is 12.0 Å². The number of benzene rings is 1. The van der Waals surface area contributed by atoms with Gasteiger partial charge in [-0.15, -0.1) is 0 Å². The van der Waals surface area contributed by atoms with Crippen LogP contribution in [0.15, 0.2) is 24.3 Å². The summed E-state index contributed by atoms with van der Waals surface area (Å²) in [7, 11) is 1.55. The minimum absolute atomic E-state index is 0.199. The second-order valence-corrected chi connectivity index (χ2v) is 5.66. The summed E-state index contributed by atoms with van der Waals surface area (Å²) in [6, 6.07) is 4.42. The third-order valence-electron chi connectivity index (χ3n) is 3.31. The highest BCUT2D eigenvalue weighted by Gasteiger charge is 2.22. The molecule has 0 aromatic heterocycles. The molecular formula is C18H25NO5. The van der Waals surface area contributed by atoms with Crippen molar-refractivity contribution in [3.05, 3.63) is 29.8 Å². The van der Waals surface area contributed by atoms with Gasteiger partial charge in [0.25, 0.3) is 0 Å². The summed E-state index contributed by atoms with van der Waals surface area (Å²) in [4.78, 5) is 23.0. The SMILES string of the molecule is CCCOc1ccc(/C=C/C(=O)N[C@@H](C(=O)O)C(C)C)cc1OC.